The third-order valence-electron chi connectivity index (χ3n) is 10.7. The largest absolute Gasteiger partial charge is 0.456 e. The van der Waals surface area contributed by atoms with Crippen LogP contribution in [0.2, 0.25) is 0 Å². The van der Waals surface area contributed by atoms with Gasteiger partial charge in [0, 0.05) is 53.9 Å². The van der Waals surface area contributed by atoms with Crippen molar-refractivity contribution >= 4 is 75.4 Å². The quantitative estimate of drug-likeness (QED) is 0.174. The molecule has 0 atom stereocenters. The maximum absolute atomic E-state index is 6.56. The Morgan fingerprint density at radius 2 is 1.07 bits per heavy atom. The van der Waals surface area contributed by atoms with E-state index in [-0.39, 0.29) is 0 Å². The third-order valence-corrected chi connectivity index (χ3v) is 11.9. The second-order valence-corrected chi connectivity index (χ2v) is 15.1. The lowest BCUT2D eigenvalue weighted by atomic mass is 10.0. The van der Waals surface area contributed by atoms with Gasteiger partial charge in [-0.1, -0.05) is 127 Å². The predicted molar refractivity (Wildman–Crippen MR) is 232 cm³/mol. The van der Waals surface area contributed by atoms with Crippen molar-refractivity contribution in [1.29, 1.82) is 0 Å². The zero-order valence-electron chi connectivity index (χ0n) is 30.2. The summed E-state index contributed by atoms with van der Waals surface area (Å²) in [4.78, 5) is 26.0. The first-order valence-electron chi connectivity index (χ1n) is 18.8. The molecule has 0 spiro atoms. The van der Waals surface area contributed by atoms with Gasteiger partial charge in [-0.3, -0.25) is 4.57 Å². The molecule has 8 heteroatoms. The van der Waals surface area contributed by atoms with Gasteiger partial charge in [0.05, 0.1) is 26.9 Å². The highest BCUT2D eigenvalue weighted by Crippen LogP contribution is 2.43. The van der Waals surface area contributed by atoms with Gasteiger partial charge in [-0.15, -0.1) is 11.3 Å². The summed E-state index contributed by atoms with van der Waals surface area (Å²) < 4.78 is 10.9. The van der Waals surface area contributed by atoms with E-state index >= 15 is 0 Å². The minimum Gasteiger partial charge on any atom is -0.456 e. The molecule has 0 amide bonds. The van der Waals surface area contributed by atoms with Crippen LogP contribution in [0.15, 0.2) is 174 Å². The first-order chi connectivity index (χ1) is 28.2. The van der Waals surface area contributed by atoms with Gasteiger partial charge in [0.25, 0.3) is 0 Å². The summed E-state index contributed by atoms with van der Waals surface area (Å²) in [6, 6.07) is 57.9. The summed E-state index contributed by atoms with van der Waals surface area (Å²) in [6.07, 6.45) is 0. The summed E-state index contributed by atoms with van der Waals surface area (Å²) in [5.74, 6) is 2.38. The van der Waals surface area contributed by atoms with Gasteiger partial charge in [0.15, 0.2) is 17.5 Å². The summed E-state index contributed by atoms with van der Waals surface area (Å²) in [5.41, 5.74) is 9.11. The molecule has 12 rings (SSSR count). The maximum Gasteiger partial charge on any atom is 0.238 e. The molecule has 0 aliphatic rings. The van der Waals surface area contributed by atoms with Crippen LogP contribution in [0, 0.1) is 0 Å². The molecule has 5 heterocycles. The average Bonchev–Trinajstić information content (AvgIpc) is 3.96. The van der Waals surface area contributed by atoms with E-state index in [4.69, 9.17) is 29.3 Å². The van der Waals surface area contributed by atoms with Gasteiger partial charge < -0.3 is 4.42 Å². The van der Waals surface area contributed by atoms with Crippen LogP contribution in [0.1, 0.15) is 0 Å². The minimum atomic E-state index is 0.545. The molecule has 57 heavy (non-hydrogen) atoms. The van der Waals surface area contributed by atoms with Gasteiger partial charge >= 0.3 is 0 Å². The second-order valence-electron chi connectivity index (χ2n) is 14.0. The molecule has 0 saturated carbocycles. The third kappa shape index (κ3) is 5.01. The standard InChI is InChI=1S/C49H28N6OS/c1-3-14-29(15-4-1)46-50-43(45-44(51-46)34-20-9-12-25-41(34)57-45)31-26-27-39-36(28-31)42-35(21-13-24-40(42)56-39)48-52-47(30-16-5-2-6-17-30)53-49(54-48)55-37-22-10-7-18-32(37)33-19-8-11-23-38(33)55/h1-28H. The van der Waals surface area contributed by atoms with Crippen LogP contribution in [0.25, 0.3) is 115 Å². The van der Waals surface area contributed by atoms with Crippen molar-refractivity contribution in [3.8, 4) is 51.4 Å². The fourth-order valence-corrected chi connectivity index (χ4v) is 9.26. The van der Waals surface area contributed by atoms with Gasteiger partial charge in [0.2, 0.25) is 5.95 Å². The number of hydrogen-bond acceptors (Lipinski definition) is 7. The van der Waals surface area contributed by atoms with Crippen LogP contribution >= 0.6 is 11.3 Å². The molecular weight excluding hydrogens is 721 g/mol. The Bertz CT molecular complexity index is 3480. The number of thiophene rings is 1. The van der Waals surface area contributed by atoms with Crippen molar-refractivity contribution in [3.63, 3.8) is 0 Å². The normalized spacial score (nSPS) is 11.9. The van der Waals surface area contributed by atoms with E-state index in [0.29, 0.717) is 23.4 Å². The highest BCUT2D eigenvalue weighted by Gasteiger charge is 2.22. The zero-order chi connectivity index (χ0) is 37.5. The van der Waals surface area contributed by atoms with Crippen LogP contribution in [0.4, 0.5) is 0 Å². The fraction of sp³-hybridized carbons (Fsp3) is 0. The summed E-state index contributed by atoms with van der Waals surface area (Å²) >= 11 is 1.72. The van der Waals surface area contributed by atoms with Crippen molar-refractivity contribution in [2.75, 3.05) is 0 Å². The van der Waals surface area contributed by atoms with Crippen LogP contribution < -0.4 is 0 Å². The van der Waals surface area contributed by atoms with Gasteiger partial charge in [0.1, 0.15) is 11.2 Å². The van der Waals surface area contributed by atoms with E-state index in [2.05, 4.69) is 108 Å². The molecule has 0 radical (unpaired) electrons. The molecule has 0 saturated heterocycles. The molecule has 12 aromatic rings. The van der Waals surface area contributed by atoms with E-state index in [1.807, 2.05) is 66.7 Å². The molecule has 0 N–H and O–H groups in total. The Labute approximate surface area is 329 Å². The number of hydrogen-bond donors (Lipinski definition) is 0. The lowest BCUT2D eigenvalue weighted by molar-refractivity contribution is 0.669. The molecule has 0 aliphatic carbocycles. The Morgan fingerprint density at radius 1 is 0.439 bits per heavy atom. The maximum atomic E-state index is 6.56. The van der Waals surface area contributed by atoms with E-state index in [0.717, 1.165) is 87.3 Å². The number of fused-ring (bicyclic) bond motifs is 9. The summed E-state index contributed by atoms with van der Waals surface area (Å²) in [6.45, 7) is 0. The smallest absolute Gasteiger partial charge is 0.238 e. The number of furan rings is 1. The first kappa shape index (κ1) is 31.8. The monoisotopic (exact) mass is 748 g/mol. The van der Waals surface area contributed by atoms with Crippen LogP contribution in [-0.2, 0) is 0 Å². The van der Waals surface area contributed by atoms with Crippen LogP contribution in [0.3, 0.4) is 0 Å². The Balaban J connectivity index is 1.11. The molecule has 0 bridgehead atoms. The lowest BCUT2D eigenvalue weighted by Crippen LogP contribution is -2.06. The average molecular weight is 749 g/mol. The first-order valence-corrected chi connectivity index (χ1v) is 19.6. The molecule has 5 aromatic heterocycles. The summed E-state index contributed by atoms with van der Waals surface area (Å²) in [5, 5.41) is 5.28. The van der Waals surface area contributed by atoms with E-state index in [1.165, 1.54) is 4.70 Å². The zero-order valence-corrected chi connectivity index (χ0v) is 31.0. The molecule has 7 nitrogen and oxygen atoms in total. The predicted octanol–water partition coefficient (Wildman–Crippen LogP) is 12.7. The van der Waals surface area contributed by atoms with E-state index in [9.17, 15) is 0 Å². The Morgan fingerprint density at radius 3 is 1.81 bits per heavy atom. The topological polar surface area (TPSA) is 82.5 Å². The second kappa shape index (κ2) is 12.5. The molecule has 0 fully saturated rings. The summed E-state index contributed by atoms with van der Waals surface area (Å²) in [7, 11) is 0. The van der Waals surface area contributed by atoms with Gasteiger partial charge in [-0.25, -0.2) is 15.0 Å². The molecule has 0 aliphatic heterocycles. The van der Waals surface area contributed by atoms with Gasteiger partial charge in [-0.2, -0.15) is 9.97 Å². The van der Waals surface area contributed by atoms with Crippen molar-refractivity contribution in [2.45, 2.75) is 0 Å². The SMILES string of the molecule is c1ccc(-c2nc(-c3cccc4oc5ccc(-c6nc(-c7ccccc7)nc7c6sc6ccccc67)cc5c34)nc(-n3c4ccccc4c4ccccc43)n2)cc1. The van der Waals surface area contributed by atoms with Crippen molar-refractivity contribution < 1.29 is 4.42 Å². The number of rotatable bonds is 5. The van der Waals surface area contributed by atoms with Crippen molar-refractivity contribution in [2.24, 2.45) is 0 Å². The Kier molecular flexibility index (Phi) is 6.96. The molecule has 0 unspecified atom stereocenters. The van der Waals surface area contributed by atoms with Crippen molar-refractivity contribution in [1.82, 2.24) is 29.5 Å². The lowest BCUT2D eigenvalue weighted by Gasteiger charge is -2.11. The Hall–Kier alpha value is -7.55. The molecule has 266 valence electrons. The van der Waals surface area contributed by atoms with Crippen molar-refractivity contribution in [3.05, 3.63) is 170 Å². The number of nitrogens with zero attached hydrogens (tertiary/aromatic N) is 6. The number of aromatic nitrogens is 6. The van der Waals surface area contributed by atoms with Gasteiger partial charge in [-0.05, 0) is 42.5 Å². The van der Waals surface area contributed by atoms with Crippen LogP contribution in [-0.4, -0.2) is 29.5 Å². The highest BCUT2D eigenvalue weighted by atomic mass is 32.1. The molecular formula is C49H28N6OS. The van der Waals surface area contributed by atoms with E-state index < -0.39 is 0 Å². The fourth-order valence-electron chi connectivity index (χ4n) is 8.10. The number of para-hydroxylation sites is 2. The highest BCUT2D eigenvalue weighted by molar-refractivity contribution is 7.26. The van der Waals surface area contributed by atoms with E-state index in [1.54, 1.807) is 11.3 Å². The minimum absolute atomic E-state index is 0.545. The molecule has 7 aromatic carbocycles. The number of benzene rings is 7. The van der Waals surface area contributed by atoms with Crippen LogP contribution in [0.5, 0.6) is 0 Å².